The summed E-state index contributed by atoms with van der Waals surface area (Å²) in [5, 5.41) is 6.69. The molecule has 1 heterocycles. The minimum Gasteiger partial charge on any atom is -0.353 e. The number of rotatable bonds is 6. The van der Waals surface area contributed by atoms with Crippen molar-refractivity contribution in [3.05, 3.63) is 0 Å². The number of piperidine rings is 1. The van der Waals surface area contributed by atoms with Crippen molar-refractivity contribution in [1.82, 2.24) is 10.6 Å². The molecule has 0 aromatic rings. The van der Waals surface area contributed by atoms with E-state index in [1.54, 1.807) is 0 Å². The maximum absolute atomic E-state index is 12.6. The van der Waals surface area contributed by atoms with Crippen LogP contribution < -0.4 is 10.6 Å². The molecule has 1 aliphatic heterocycles. The van der Waals surface area contributed by atoms with Gasteiger partial charge in [0.1, 0.15) is 0 Å². The standard InChI is InChI=1S/C15H28N2O/c1-3-13(11-12-5-6-12)17-14(18)15(4-2)7-9-16-10-8-15/h12-13,16H,3-11H2,1-2H3,(H,17,18). The number of nitrogens with one attached hydrogen (secondary N) is 2. The highest BCUT2D eigenvalue weighted by atomic mass is 16.2. The molecule has 1 atom stereocenters. The molecule has 2 fully saturated rings. The summed E-state index contributed by atoms with van der Waals surface area (Å²) < 4.78 is 0. The molecule has 3 nitrogen and oxygen atoms in total. The van der Waals surface area contributed by atoms with Crippen molar-refractivity contribution in [2.75, 3.05) is 13.1 Å². The fourth-order valence-corrected chi connectivity index (χ4v) is 3.07. The molecule has 1 saturated carbocycles. The van der Waals surface area contributed by atoms with Crippen LogP contribution in [0, 0.1) is 11.3 Å². The van der Waals surface area contributed by atoms with Gasteiger partial charge in [0, 0.05) is 6.04 Å². The Morgan fingerprint density at radius 2 is 2.00 bits per heavy atom. The van der Waals surface area contributed by atoms with Gasteiger partial charge in [-0.25, -0.2) is 0 Å². The third-order valence-corrected chi connectivity index (χ3v) is 4.86. The zero-order chi connectivity index (χ0) is 13.0. The molecule has 1 saturated heterocycles. The van der Waals surface area contributed by atoms with Crippen molar-refractivity contribution in [1.29, 1.82) is 0 Å². The quantitative estimate of drug-likeness (QED) is 0.762. The molecular formula is C15H28N2O. The molecule has 0 radical (unpaired) electrons. The topological polar surface area (TPSA) is 41.1 Å². The molecule has 18 heavy (non-hydrogen) atoms. The lowest BCUT2D eigenvalue weighted by atomic mass is 9.75. The van der Waals surface area contributed by atoms with Crippen LogP contribution in [0.25, 0.3) is 0 Å². The Morgan fingerprint density at radius 1 is 1.33 bits per heavy atom. The predicted octanol–water partition coefficient (Wildman–Crippen LogP) is 2.46. The zero-order valence-corrected chi connectivity index (χ0v) is 11.9. The number of carbonyl (C=O) groups is 1. The van der Waals surface area contributed by atoms with Crippen molar-refractivity contribution in [3.8, 4) is 0 Å². The van der Waals surface area contributed by atoms with Gasteiger partial charge in [0.25, 0.3) is 0 Å². The first-order valence-corrected chi connectivity index (χ1v) is 7.72. The summed E-state index contributed by atoms with van der Waals surface area (Å²) in [7, 11) is 0. The van der Waals surface area contributed by atoms with E-state index in [9.17, 15) is 4.79 Å². The molecular weight excluding hydrogens is 224 g/mol. The lowest BCUT2D eigenvalue weighted by Crippen LogP contribution is -2.50. The Morgan fingerprint density at radius 3 is 2.50 bits per heavy atom. The third kappa shape index (κ3) is 3.25. The van der Waals surface area contributed by atoms with Gasteiger partial charge in [-0.15, -0.1) is 0 Å². The van der Waals surface area contributed by atoms with Crippen LogP contribution in [0.5, 0.6) is 0 Å². The molecule has 0 spiro atoms. The van der Waals surface area contributed by atoms with Crippen molar-refractivity contribution in [2.45, 2.75) is 64.8 Å². The van der Waals surface area contributed by atoms with Crippen LogP contribution in [0.3, 0.4) is 0 Å². The summed E-state index contributed by atoms with van der Waals surface area (Å²) in [6, 6.07) is 0.406. The summed E-state index contributed by atoms with van der Waals surface area (Å²) in [5.41, 5.74) is -0.0950. The zero-order valence-electron chi connectivity index (χ0n) is 11.9. The minimum atomic E-state index is -0.0950. The molecule has 1 aliphatic carbocycles. The number of carbonyl (C=O) groups excluding carboxylic acids is 1. The highest BCUT2D eigenvalue weighted by molar-refractivity contribution is 5.83. The van der Waals surface area contributed by atoms with E-state index >= 15 is 0 Å². The molecule has 0 aromatic heterocycles. The average molecular weight is 252 g/mol. The summed E-state index contributed by atoms with van der Waals surface area (Å²) in [5.74, 6) is 1.21. The second kappa shape index (κ2) is 6.05. The second-order valence-corrected chi connectivity index (χ2v) is 6.14. The van der Waals surface area contributed by atoms with Crippen LogP contribution in [0.1, 0.15) is 58.8 Å². The van der Waals surface area contributed by atoms with Crippen LogP contribution in [0.4, 0.5) is 0 Å². The molecule has 1 amide bonds. The average Bonchev–Trinajstić information content (AvgIpc) is 3.22. The molecule has 2 rings (SSSR count). The fourth-order valence-electron chi connectivity index (χ4n) is 3.07. The van der Waals surface area contributed by atoms with E-state index in [-0.39, 0.29) is 5.41 Å². The van der Waals surface area contributed by atoms with Gasteiger partial charge in [-0.1, -0.05) is 26.7 Å². The largest absolute Gasteiger partial charge is 0.353 e. The summed E-state index contributed by atoms with van der Waals surface area (Å²) in [6.07, 6.45) is 7.97. The predicted molar refractivity (Wildman–Crippen MR) is 74.4 cm³/mol. The molecule has 104 valence electrons. The van der Waals surface area contributed by atoms with E-state index in [1.807, 2.05) is 0 Å². The summed E-state index contributed by atoms with van der Waals surface area (Å²) in [4.78, 5) is 12.6. The Bertz CT molecular complexity index is 280. The second-order valence-electron chi connectivity index (χ2n) is 6.14. The normalized spacial score (nSPS) is 24.6. The molecule has 3 heteroatoms. The third-order valence-electron chi connectivity index (χ3n) is 4.86. The summed E-state index contributed by atoms with van der Waals surface area (Å²) in [6.45, 7) is 6.32. The SMILES string of the molecule is CCC(CC1CC1)NC(=O)C1(CC)CCNCC1. The fraction of sp³-hybridized carbons (Fsp3) is 0.933. The van der Waals surface area contributed by atoms with Gasteiger partial charge in [-0.2, -0.15) is 0 Å². The maximum Gasteiger partial charge on any atom is 0.226 e. The highest BCUT2D eigenvalue weighted by Gasteiger charge is 2.38. The van der Waals surface area contributed by atoms with Crippen molar-refractivity contribution < 1.29 is 4.79 Å². The van der Waals surface area contributed by atoms with Gasteiger partial charge >= 0.3 is 0 Å². The van der Waals surface area contributed by atoms with E-state index in [0.717, 1.165) is 44.7 Å². The van der Waals surface area contributed by atoms with Crippen LogP contribution in [0.15, 0.2) is 0 Å². The molecule has 2 aliphatic rings. The van der Waals surface area contributed by atoms with E-state index < -0.39 is 0 Å². The first-order valence-electron chi connectivity index (χ1n) is 7.72. The van der Waals surface area contributed by atoms with Crippen LogP contribution >= 0.6 is 0 Å². The van der Waals surface area contributed by atoms with E-state index in [0.29, 0.717) is 11.9 Å². The Labute approximate surface area is 111 Å². The number of hydrogen-bond donors (Lipinski definition) is 2. The van der Waals surface area contributed by atoms with Gasteiger partial charge in [0.05, 0.1) is 5.41 Å². The van der Waals surface area contributed by atoms with Gasteiger partial charge < -0.3 is 10.6 Å². The lowest BCUT2D eigenvalue weighted by Gasteiger charge is -2.36. The van der Waals surface area contributed by atoms with Crippen molar-refractivity contribution >= 4 is 5.91 Å². The van der Waals surface area contributed by atoms with Crippen LogP contribution in [0.2, 0.25) is 0 Å². The van der Waals surface area contributed by atoms with Gasteiger partial charge in [0.2, 0.25) is 5.91 Å². The molecule has 2 N–H and O–H groups in total. The van der Waals surface area contributed by atoms with E-state index in [4.69, 9.17) is 0 Å². The number of hydrogen-bond acceptors (Lipinski definition) is 2. The molecule has 0 aromatic carbocycles. The van der Waals surface area contributed by atoms with E-state index in [2.05, 4.69) is 24.5 Å². The highest BCUT2D eigenvalue weighted by Crippen LogP contribution is 2.36. The Kier molecular flexibility index (Phi) is 4.66. The first-order chi connectivity index (χ1) is 8.70. The minimum absolute atomic E-state index is 0.0950. The lowest BCUT2D eigenvalue weighted by molar-refractivity contribution is -0.133. The Balaban J connectivity index is 1.90. The maximum atomic E-state index is 12.6. The summed E-state index contributed by atoms with van der Waals surface area (Å²) >= 11 is 0. The van der Waals surface area contributed by atoms with Gasteiger partial charge in [0.15, 0.2) is 0 Å². The van der Waals surface area contributed by atoms with Crippen molar-refractivity contribution in [3.63, 3.8) is 0 Å². The van der Waals surface area contributed by atoms with E-state index in [1.165, 1.54) is 19.3 Å². The van der Waals surface area contributed by atoms with Gasteiger partial charge in [-0.3, -0.25) is 4.79 Å². The molecule has 0 bridgehead atoms. The monoisotopic (exact) mass is 252 g/mol. The van der Waals surface area contributed by atoms with Crippen LogP contribution in [-0.2, 0) is 4.79 Å². The molecule has 1 unspecified atom stereocenters. The first kappa shape index (κ1) is 13.9. The van der Waals surface area contributed by atoms with Crippen LogP contribution in [-0.4, -0.2) is 25.0 Å². The van der Waals surface area contributed by atoms with Crippen molar-refractivity contribution in [2.24, 2.45) is 11.3 Å². The Hall–Kier alpha value is -0.570. The smallest absolute Gasteiger partial charge is 0.226 e. The number of amides is 1. The van der Waals surface area contributed by atoms with Gasteiger partial charge in [-0.05, 0) is 51.1 Å².